The molecule has 2 heteroatoms. The Labute approximate surface area is 113 Å². The highest BCUT2D eigenvalue weighted by Crippen LogP contribution is 2.45. The van der Waals surface area contributed by atoms with Crippen molar-refractivity contribution in [3.8, 4) is 0 Å². The minimum atomic E-state index is 0.285. The lowest BCUT2D eigenvalue weighted by atomic mass is 9.81. The lowest BCUT2D eigenvalue weighted by Crippen LogP contribution is -2.59. The summed E-state index contributed by atoms with van der Waals surface area (Å²) in [5.41, 5.74) is 7.41. The highest BCUT2D eigenvalue weighted by atomic mass is 15.3. The van der Waals surface area contributed by atoms with Gasteiger partial charge in [0.2, 0.25) is 0 Å². The average Bonchev–Trinajstić information content (AvgIpc) is 2.55. The summed E-state index contributed by atoms with van der Waals surface area (Å²) >= 11 is 0. The summed E-state index contributed by atoms with van der Waals surface area (Å²) in [7, 11) is 0. The normalized spacial score (nSPS) is 36.5. The number of rotatable bonds is 2. The molecule has 0 radical (unpaired) electrons. The number of hydrogen-bond acceptors (Lipinski definition) is 2. The van der Waals surface area contributed by atoms with Gasteiger partial charge in [-0.15, -0.1) is 0 Å². The van der Waals surface area contributed by atoms with Crippen LogP contribution in [0.5, 0.6) is 0 Å². The van der Waals surface area contributed by atoms with E-state index in [2.05, 4.69) is 32.6 Å². The maximum Gasteiger partial charge on any atom is 0.0337 e. The van der Waals surface area contributed by atoms with Gasteiger partial charge in [0.15, 0.2) is 0 Å². The van der Waals surface area contributed by atoms with E-state index in [9.17, 15) is 0 Å². The van der Waals surface area contributed by atoms with Gasteiger partial charge in [0.25, 0.3) is 0 Å². The Balaban J connectivity index is 2.20. The van der Waals surface area contributed by atoms with Gasteiger partial charge in [0.1, 0.15) is 0 Å². The van der Waals surface area contributed by atoms with Crippen LogP contribution in [0.3, 0.4) is 0 Å². The zero-order valence-corrected chi connectivity index (χ0v) is 12.9. The van der Waals surface area contributed by atoms with E-state index >= 15 is 0 Å². The third kappa shape index (κ3) is 2.60. The largest absolute Gasteiger partial charge is 0.329 e. The molecular formula is C16H32N2. The van der Waals surface area contributed by atoms with Crippen LogP contribution in [0.25, 0.3) is 0 Å². The number of likely N-dealkylation sites (tertiary alicyclic amines) is 1. The molecule has 2 nitrogen and oxygen atoms in total. The molecule has 18 heavy (non-hydrogen) atoms. The molecule has 2 fully saturated rings. The maximum absolute atomic E-state index is 6.26. The summed E-state index contributed by atoms with van der Waals surface area (Å²) in [5.74, 6) is 0. The van der Waals surface area contributed by atoms with Gasteiger partial charge in [0, 0.05) is 17.6 Å². The minimum absolute atomic E-state index is 0.285. The van der Waals surface area contributed by atoms with Gasteiger partial charge in [-0.1, -0.05) is 20.3 Å². The third-order valence-electron chi connectivity index (χ3n) is 5.62. The zero-order chi connectivity index (χ0) is 13.4. The lowest BCUT2D eigenvalue weighted by molar-refractivity contribution is 0.0214. The van der Waals surface area contributed by atoms with Crippen molar-refractivity contribution in [2.45, 2.75) is 83.7 Å². The molecular weight excluding hydrogens is 220 g/mol. The smallest absolute Gasteiger partial charge is 0.0337 e. The van der Waals surface area contributed by atoms with E-state index in [-0.39, 0.29) is 5.54 Å². The minimum Gasteiger partial charge on any atom is -0.329 e. The van der Waals surface area contributed by atoms with Gasteiger partial charge in [-0.25, -0.2) is 0 Å². The molecule has 2 rings (SSSR count). The first-order chi connectivity index (χ1) is 8.31. The maximum atomic E-state index is 6.26. The van der Waals surface area contributed by atoms with Crippen LogP contribution >= 0.6 is 0 Å². The standard InChI is InChI=1S/C16H32N2/c1-14(2)7-5-9-16(13-17,11-10-14)18-12-6-8-15(18,3)4/h5-13,17H2,1-4H3. The van der Waals surface area contributed by atoms with E-state index in [1.54, 1.807) is 0 Å². The number of nitrogens with zero attached hydrogens (tertiary/aromatic N) is 1. The molecule has 1 saturated carbocycles. The van der Waals surface area contributed by atoms with Crippen molar-refractivity contribution < 1.29 is 0 Å². The Morgan fingerprint density at radius 1 is 0.889 bits per heavy atom. The molecule has 0 aromatic rings. The SMILES string of the molecule is CC1(C)CCCC(CN)(N2CCCC2(C)C)CC1. The van der Waals surface area contributed by atoms with E-state index in [1.807, 2.05) is 0 Å². The summed E-state index contributed by atoms with van der Waals surface area (Å²) in [6.45, 7) is 11.8. The summed E-state index contributed by atoms with van der Waals surface area (Å²) in [6.07, 6.45) is 9.31. The first kappa shape index (κ1) is 14.3. The Bertz CT molecular complexity index is 295. The lowest BCUT2D eigenvalue weighted by Gasteiger charge is -2.48. The van der Waals surface area contributed by atoms with Crippen molar-refractivity contribution in [1.29, 1.82) is 0 Å². The number of nitrogens with two attached hydrogens (primary N) is 1. The first-order valence-electron chi connectivity index (χ1n) is 7.79. The average molecular weight is 252 g/mol. The van der Waals surface area contributed by atoms with Crippen LogP contribution in [0.2, 0.25) is 0 Å². The Morgan fingerprint density at radius 3 is 2.17 bits per heavy atom. The predicted molar refractivity (Wildman–Crippen MR) is 78.7 cm³/mol. The first-order valence-corrected chi connectivity index (χ1v) is 7.79. The second kappa shape index (κ2) is 4.79. The Morgan fingerprint density at radius 2 is 1.61 bits per heavy atom. The quantitative estimate of drug-likeness (QED) is 0.762. The van der Waals surface area contributed by atoms with Crippen molar-refractivity contribution in [1.82, 2.24) is 4.90 Å². The highest BCUT2D eigenvalue weighted by molar-refractivity contribution is 5.03. The van der Waals surface area contributed by atoms with Gasteiger partial charge in [0.05, 0.1) is 0 Å². The molecule has 1 aliphatic heterocycles. The van der Waals surface area contributed by atoms with Crippen LogP contribution in [0.1, 0.15) is 72.6 Å². The van der Waals surface area contributed by atoms with Crippen molar-refractivity contribution in [2.24, 2.45) is 11.1 Å². The van der Waals surface area contributed by atoms with Gasteiger partial charge < -0.3 is 5.73 Å². The predicted octanol–water partition coefficient (Wildman–Crippen LogP) is 3.55. The fraction of sp³-hybridized carbons (Fsp3) is 1.00. The van der Waals surface area contributed by atoms with Crippen LogP contribution in [-0.4, -0.2) is 29.1 Å². The molecule has 106 valence electrons. The van der Waals surface area contributed by atoms with Crippen molar-refractivity contribution in [3.05, 3.63) is 0 Å². The van der Waals surface area contributed by atoms with Crippen LogP contribution in [-0.2, 0) is 0 Å². The monoisotopic (exact) mass is 252 g/mol. The summed E-state index contributed by atoms with van der Waals surface area (Å²) in [6, 6.07) is 0. The molecule has 1 heterocycles. The molecule has 1 saturated heterocycles. The van der Waals surface area contributed by atoms with Crippen LogP contribution in [0.15, 0.2) is 0 Å². The van der Waals surface area contributed by atoms with Gasteiger partial charge in [-0.05, 0) is 64.3 Å². The molecule has 1 unspecified atom stereocenters. The second-order valence-electron chi connectivity index (χ2n) is 8.01. The molecule has 0 spiro atoms. The third-order valence-corrected chi connectivity index (χ3v) is 5.62. The molecule has 0 aromatic carbocycles. The van der Waals surface area contributed by atoms with Crippen LogP contribution in [0, 0.1) is 5.41 Å². The van der Waals surface area contributed by atoms with E-state index in [0.29, 0.717) is 11.0 Å². The van der Waals surface area contributed by atoms with Crippen molar-refractivity contribution in [3.63, 3.8) is 0 Å². The molecule has 1 atom stereocenters. The Kier molecular flexibility index (Phi) is 3.81. The summed E-state index contributed by atoms with van der Waals surface area (Å²) in [5, 5.41) is 0. The van der Waals surface area contributed by atoms with Crippen LogP contribution < -0.4 is 5.73 Å². The van der Waals surface area contributed by atoms with Crippen molar-refractivity contribution >= 4 is 0 Å². The molecule has 2 N–H and O–H groups in total. The number of hydrogen-bond donors (Lipinski definition) is 1. The van der Waals surface area contributed by atoms with Crippen molar-refractivity contribution in [2.75, 3.05) is 13.1 Å². The molecule has 0 bridgehead atoms. The summed E-state index contributed by atoms with van der Waals surface area (Å²) in [4.78, 5) is 2.77. The van der Waals surface area contributed by atoms with Gasteiger partial charge in [-0.3, -0.25) is 4.90 Å². The van der Waals surface area contributed by atoms with E-state index < -0.39 is 0 Å². The molecule has 0 aromatic heterocycles. The van der Waals surface area contributed by atoms with Crippen LogP contribution in [0.4, 0.5) is 0 Å². The topological polar surface area (TPSA) is 29.3 Å². The van der Waals surface area contributed by atoms with E-state index in [1.165, 1.54) is 51.5 Å². The van der Waals surface area contributed by atoms with E-state index in [4.69, 9.17) is 5.73 Å². The summed E-state index contributed by atoms with van der Waals surface area (Å²) < 4.78 is 0. The van der Waals surface area contributed by atoms with Gasteiger partial charge >= 0.3 is 0 Å². The molecule has 0 amide bonds. The fourth-order valence-electron chi connectivity index (χ4n) is 4.29. The second-order valence-corrected chi connectivity index (χ2v) is 8.01. The zero-order valence-electron chi connectivity index (χ0n) is 12.9. The molecule has 2 aliphatic rings. The Hall–Kier alpha value is -0.0800. The van der Waals surface area contributed by atoms with Gasteiger partial charge in [-0.2, -0.15) is 0 Å². The van der Waals surface area contributed by atoms with E-state index in [0.717, 1.165) is 6.54 Å². The fourth-order valence-corrected chi connectivity index (χ4v) is 4.29. The molecule has 1 aliphatic carbocycles. The highest BCUT2D eigenvalue weighted by Gasteiger charge is 2.46.